The third-order valence-electron chi connectivity index (χ3n) is 3.16. The third-order valence-corrected chi connectivity index (χ3v) is 7.13. The predicted molar refractivity (Wildman–Crippen MR) is 74.5 cm³/mol. The van der Waals surface area contributed by atoms with Gasteiger partial charge < -0.3 is 5.11 Å². The summed E-state index contributed by atoms with van der Waals surface area (Å²) in [5.74, 6) is 1.60. The van der Waals surface area contributed by atoms with E-state index in [1.54, 1.807) is 11.8 Å². The van der Waals surface area contributed by atoms with E-state index in [1.165, 1.54) is 0 Å². The number of thioether (sulfide) groups is 1. The van der Waals surface area contributed by atoms with E-state index < -0.39 is 21.0 Å². The lowest BCUT2D eigenvalue weighted by Crippen LogP contribution is -2.34. The summed E-state index contributed by atoms with van der Waals surface area (Å²) in [6.45, 7) is 2.06. The zero-order chi connectivity index (χ0) is 12.3. The molecular formula is C13H18O2S2. The van der Waals surface area contributed by atoms with Gasteiger partial charge in [-0.25, -0.2) is 0 Å². The Labute approximate surface area is 109 Å². The highest BCUT2D eigenvalue weighted by atomic mass is 32.2. The highest BCUT2D eigenvalue weighted by molar-refractivity contribution is 8.12. The zero-order valence-electron chi connectivity index (χ0n) is 9.96. The van der Waals surface area contributed by atoms with E-state index in [-0.39, 0.29) is 0 Å². The maximum absolute atomic E-state index is 12.2. The van der Waals surface area contributed by atoms with Crippen molar-refractivity contribution in [1.29, 1.82) is 0 Å². The average Bonchev–Trinajstić information content (AvgIpc) is 2.73. The summed E-state index contributed by atoms with van der Waals surface area (Å²) in [6, 6.07) is 9.60. The molecule has 0 aromatic heterocycles. The first-order valence-electron chi connectivity index (χ1n) is 5.96. The molecule has 0 spiro atoms. The molecule has 4 heteroatoms. The molecule has 0 aliphatic carbocycles. The van der Waals surface area contributed by atoms with Crippen molar-refractivity contribution in [2.45, 2.75) is 29.9 Å². The molecule has 0 radical (unpaired) electrons. The highest BCUT2D eigenvalue weighted by Gasteiger charge is 2.47. The lowest BCUT2D eigenvalue weighted by atomic mass is 10.0. The molecular weight excluding hydrogens is 252 g/mol. The van der Waals surface area contributed by atoms with Gasteiger partial charge in [0.05, 0.1) is 0 Å². The topological polar surface area (TPSA) is 37.3 Å². The molecule has 0 bridgehead atoms. The molecule has 2 nitrogen and oxygen atoms in total. The van der Waals surface area contributed by atoms with Gasteiger partial charge >= 0.3 is 0 Å². The summed E-state index contributed by atoms with van der Waals surface area (Å²) in [7, 11) is -0.937. The van der Waals surface area contributed by atoms with Gasteiger partial charge in [0.25, 0.3) is 0 Å². The fraction of sp³-hybridized carbons (Fsp3) is 0.538. The molecule has 1 saturated heterocycles. The largest absolute Gasteiger partial charge is 0.386 e. The van der Waals surface area contributed by atoms with Crippen molar-refractivity contribution in [3.63, 3.8) is 0 Å². The predicted octanol–water partition coefficient (Wildman–Crippen LogP) is 2.71. The monoisotopic (exact) mass is 270 g/mol. The van der Waals surface area contributed by atoms with Crippen LogP contribution in [0, 0.1) is 0 Å². The number of aliphatic hydroxyl groups is 1. The van der Waals surface area contributed by atoms with Crippen LogP contribution in [0.25, 0.3) is 0 Å². The molecule has 1 aromatic rings. The van der Waals surface area contributed by atoms with Crippen molar-refractivity contribution < 1.29 is 9.32 Å². The molecule has 3 atom stereocenters. The fourth-order valence-corrected chi connectivity index (χ4v) is 6.06. The fourth-order valence-electron chi connectivity index (χ4n) is 2.35. The van der Waals surface area contributed by atoms with E-state index >= 15 is 0 Å². The molecule has 0 saturated carbocycles. The maximum atomic E-state index is 12.2. The standard InChI is InChI=1S/C13H18O2S2/c1-2-16-13(9-6-10-17(13)15)12(14)11-7-4-3-5-8-11/h3-5,7-8,12,14H,2,6,9-10H2,1H3/t12?,13-,17?/m0/s1. The molecule has 2 unspecified atom stereocenters. The van der Waals surface area contributed by atoms with E-state index in [2.05, 4.69) is 6.92 Å². The van der Waals surface area contributed by atoms with Crippen molar-refractivity contribution in [2.75, 3.05) is 11.5 Å². The first kappa shape index (κ1) is 13.1. The second-order valence-corrected chi connectivity index (χ2v) is 7.89. The molecule has 1 aromatic carbocycles. The minimum atomic E-state index is -0.937. The first-order chi connectivity index (χ1) is 8.20. The van der Waals surface area contributed by atoms with Crippen LogP contribution in [0.5, 0.6) is 0 Å². The van der Waals surface area contributed by atoms with E-state index in [9.17, 15) is 9.32 Å². The van der Waals surface area contributed by atoms with Crippen LogP contribution in [0.2, 0.25) is 0 Å². The van der Waals surface area contributed by atoms with Crippen LogP contribution in [0.1, 0.15) is 31.4 Å². The van der Waals surface area contributed by atoms with Crippen LogP contribution in [-0.2, 0) is 10.8 Å². The summed E-state index contributed by atoms with van der Waals surface area (Å²) in [4.78, 5) is 0. The van der Waals surface area contributed by atoms with Gasteiger partial charge in [0.2, 0.25) is 0 Å². The van der Waals surface area contributed by atoms with Crippen LogP contribution in [0.15, 0.2) is 30.3 Å². The molecule has 1 heterocycles. The van der Waals surface area contributed by atoms with Gasteiger partial charge in [-0.05, 0) is 24.2 Å². The van der Waals surface area contributed by atoms with Crippen LogP contribution < -0.4 is 0 Å². The quantitative estimate of drug-likeness (QED) is 0.914. The van der Waals surface area contributed by atoms with Crippen LogP contribution in [0.4, 0.5) is 0 Å². The lowest BCUT2D eigenvalue weighted by Gasteiger charge is -2.32. The van der Waals surface area contributed by atoms with E-state index in [4.69, 9.17) is 0 Å². The Bertz CT molecular complexity index is 394. The van der Waals surface area contributed by atoms with Crippen LogP contribution in [0.3, 0.4) is 0 Å². The SMILES string of the molecule is CCS[C@@]1(C(O)c2ccccc2)CCCS1=O. The molecule has 2 rings (SSSR count). The molecule has 94 valence electrons. The Morgan fingerprint density at radius 2 is 2.18 bits per heavy atom. The van der Waals surface area contributed by atoms with Crippen molar-refractivity contribution in [2.24, 2.45) is 0 Å². The Kier molecular flexibility index (Phi) is 4.28. The second-order valence-electron chi connectivity index (χ2n) is 4.21. The van der Waals surface area contributed by atoms with Crippen LogP contribution >= 0.6 is 11.8 Å². The smallest absolute Gasteiger partial charge is 0.121 e. The molecule has 1 N–H and O–H groups in total. The van der Waals surface area contributed by atoms with Crippen molar-refractivity contribution in [3.05, 3.63) is 35.9 Å². The molecule has 1 aliphatic heterocycles. The zero-order valence-corrected chi connectivity index (χ0v) is 11.6. The van der Waals surface area contributed by atoms with E-state index in [0.717, 1.165) is 29.9 Å². The van der Waals surface area contributed by atoms with Gasteiger partial charge in [0.1, 0.15) is 10.2 Å². The molecule has 17 heavy (non-hydrogen) atoms. The van der Waals surface area contributed by atoms with Gasteiger partial charge in [-0.3, -0.25) is 4.21 Å². The Hall–Kier alpha value is -0.320. The minimum absolute atomic E-state index is 0.490. The number of rotatable bonds is 4. The summed E-state index contributed by atoms with van der Waals surface area (Å²) >= 11 is 1.65. The number of hydrogen-bond donors (Lipinski definition) is 1. The minimum Gasteiger partial charge on any atom is -0.386 e. The molecule has 0 amide bonds. The van der Waals surface area contributed by atoms with Crippen molar-refractivity contribution in [1.82, 2.24) is 0 Å². The van der Waals surface area contributed by atoms with Crippen molar-refractivity contribution in [3.8, 4) is 0 Å². The van der Waals surface area contributed by atoms with Gasteiger partial charge in [-0.15, -0.1) is 11.8 Å². The molecule has 1 fully saturated rings. The van der Waals surface area contributed by atoms with E-state index in [0.29, 0.717) is 0 Å². The van der Waals surface area contributed by atoms with Gasteiger partial charge in [-0.1, -0.05) is 37.3 Å². The van der Waals surface area contributed by atoms with Crippen molar-refractivity contribution >= 4 is 22.6 Å². The normalized spacial score (nSPS) is 30.4. The lowest BCUT2D eigenvalue weighted by molar-refractivity contribution is 0.160. The highest BCUT2D eigenvalue weighted by Crippen LogP contribution is 2.48. The van der Waals surface area contributed by atoms with Gasteiger partial charge in [-0.2, -0.15) is 0 Å². The molecule has 1 aliphatic rings. The summed E-state index contributed by atoms with van der Waals surface area (Å²) in [6.07, 6.45) is 1.16. The Morgan fingerprint density at radius 3 is 2.71 bits per heavy atom. The van der Waals surface area contributed by atoms with E-state index in [1.807, 2.05) is 30.3 Å². The average molecular weight is 270 g/mol. The summed E-state index contributed by atoms with van der Waals surface area (Å²) in [5.41, 5.74) is 0.878. The number of hydrogen-bond acceptors (Lipinski definition) is 3. The van der Waals surface area contributed by atoms with Crippen LogP contribution in [-0.4, -0.2) is 24.9 Å². The number of benzene rings is 1. The maximum Gasteiger partial charge on any atom is 0.121 e. The van der Waals surface area contributed by atoms with Gasteiger partial charge in [0, 0.05) is 16.6 Å². The Balaban J connectivity index is 2.31. The summed E-state index contributed by atoms with van der Waals surface area (Å²) in [5, 5.41) is 10.6. The number of aliphatic hydroxyl groups excluding tert-OH is 1. The summed E-state index contributed by atoms with van der Waals surface area (Å²) < 4.78 is 11.7. The Morgan fingerprint density at radius 1 is 1.47 bits per heavy atom. The third kappa shape index (κ3) is 2.44. The first-order valence-corrected chi connectivity index (χ1v) is 8.26. The second kappa shape index (κ2) is 5.55. The van der Waals surface area contributed by atoms with Gasteiger partial charge in [0.15, 0.2) is 0 Å².